The first-order valence-corrected chi connectivity index (χ1v) is 11.2. The third kappa shape index (κ3) is 4.08. The Labute approximate surface area is 191 Å². The van der Waals surface area contributed by atoms with Crippen molar-refractivity contribution in [2.24, 2.45) is 0 Å². The van der Waals surface area contributed by atoms with Crippen LogP contribution in [0.3, 0.4) is 0 Å². The fourth-order valence-corrected chi connectivity index (χ4v) is 4.73. The summed E-state index contributed by atoms with van der Waals surface area (Å²) in [6.45, 7) is 2.83. The van der Waals surface area contributed by atoms with Gasteiger partial charge in [-0.25, -0.2) is 0 Å². The summed E-state index contributed by atoms with van der Waals surface area (Å²) < 4.78 is 0. The monoisotopic (exact) mass is 442 g/mol. The number of hydrogen-bond acceptors (Lipinski definition) is 4. The number of nitrogens with zero attached hydrogens (tertiary/aromatic N) is 2. The van der Waals surface area contributed by atoms with E-state index in [1.807, 2.05) is 0 Å². The van der Waals surface area contributed by atoms with Gasteiger partial charge in [-0.2, -0.15) is 5.26 Å². The Morgan fingerprint density at radius 2 is 1.84 bits per heavy atom. The number of halogens is 1. The molecule has 0 bridgehead atoms. The average Bonchev–Trinajstić information content (AvgIpc) is 2.81. The first-order chi connectivity index (χ1) is 15.6. The van der Waals surface area contributed by atoms with Gasteiger partial charge in [0, 0.05) is 36.1 Å². The van der Waals surface area contributed by atoms with E-state index in [1.165, 1.54) is 16.3 Å². The van der Waals surface area contributed by atoms with Gasteiger partial charge in [0.05, 0.1) is 11.2 Å². The van der Waals surface area contributed by atoms with Crippen LogP contribution in [0.2, 0.25) is 5.02 Å². The second kappa shape index (κ2) is 8.66. The highest BCUT2D eigenvalue weighted by atomic mass is 35.5. The summed E-state index contributed by atoms with van der Waals surface area (Å²) in [6, 6.07) is 22.7. The zero-order chi connectivity index (χ0) is 22.1. The molecule has 0 atom stereocenters. The van der Waals surface area contributed by atoms with E-state index in [1.54, 1.807) is 18.2 Å². The van der Waals surface area contributed by atoms with Crippen molar-refractivity contribution in [3.05, 3.63) is 87.2 Å². The number of aromatic amines is 1. The van der Waals surface area contributed by atoms with Gasteiger partial charge in [-0.1, -0.05) is 48.0 Å². The molecule has 2 N–H and O–H groups in total. The van der Waals surface area contributed by atoms with E-state index in [9.17, 15) is 10.1 Å². The molecule has 3 aromatic carbocycles. The molecular formula is C26H23ClN4O. The Morgan fingerprint density at radius 3 is 2.62 bits per heavy atom. The number of fused-ring (bicyclic) bond motifs is 2. The molecule has 0 unspecified atom stereocenters. The second-order valence-electron chi connectivity index (χ2n) is 8.38. The van der Waals surface area contributed by atoms with E-state index in [-0.39, 0.29) is 17.2 Å². The summed E-state index contributed by atoms with van der Waals surface area (Å²) in [5.41, 5.74) is 2.31. The lowest BCUT2D eigenvalue weighted by Crippen LogP contribution is -2.39. The van der Waals surface area contributed by atoms with Crippen LogP contribution in [0.5, 0.6) is 0 Å². The summed E-state index contributed by atoms with van der Waals surface area (Å²) in [5, 5.41) is 17.0. The Kier molecular flexibility index (Phi) is 5.57. The molecule has 4 aromatic rings. The predicted octanol–water partition coefficient (Wildman–Crippen LogP) is 5.28. The molecule has 160 valence electrons. The van der Waals surface area contributed by atoms with Gasteiger partial charge in [0.1, 0.15) is 11.6 Å². The molecule has 5 rings (SSSR count). The Balaban J connectivity index is 1.31. The van der Waals surface area contributed by atoms with Crippen molar-refractivity contribution in [1.82, 2.24) is 9.88 Å². The van der Waals surface area contributed by atoms with Crippen LogP contribution in [0, 0.1) is 11.3 Å². The number of pyridine rings is 1. The van der Waals surface area contributed by atoms with Gasteiger partial charge in [0.2, 0.25) is 0 Å². The van der Waals surface area contributed by atoms with E-state index < -0.39 is 0 Å². The van der Waals surface area contributed by atoms with Gasteiger partial charge < -0.3 is 10.3 Å². The molecule has 0 saturated carbocycles. The molecule has 32 heavy (non-hydrogen) atoms. The van der Waals surface area contributed by atoms with Crippen molar-refractivity contribution >= 4 is 39.0 Å². The topological polar surface area (TPSA) is 71.9 Å². The maximum atomic E-state index is 12.4. The van der Waals surface area contributed by atoms with Crippen LogP contribution in [0.4, 0.5) is 5.69 Å². The van der Waals surface area contributed by atoms with Crippen LogP contribution in [0.15, 0.2) is 65.5 Å². The van der Waals surface area contributed by atoms with Crippen molar-refractivity contribution < 1.29 is 0 Å². The number of hydrogen-bond donors (Lipinski definition) is 2. The fraction of sp³-hybridized carbons (Fsp3) is 0.231. The molecule has 1 saturated heterocycles. The predicted molar refractivity (Wildman–Crippen MR) is 130 cm³/mol. The summed E-state index contributed by atoms with van der Waals surface area (Å²) >= 11 is 6.19. The largest absolute Gasteiger partial charge is 0.380 e. The molecule has 0 radical (unpaired) electrons. The molecule has 1 aromatic heterocycles. The molecule has 0 aliphatic carbocycles. The summed E-state index contributed by atoms with van der Waals surface area (Å²) in [5.74, 6) is 0. The van der Waals surface area contributed by atoms with Gasteiger partial charge >= 0.3 is 0 Å². The first kappa shape index (κ1) is 20.6. The van der Waals surface area contributed by atoms with Crippen molar-refractivity contribution in [2.45, 2.75) is 25.4 Å². The SMILES string of the molecule is N#Cc1c(NC2CCN(Cc3ccc4ccccc4c3)CC2)c2cc(Cl)ccc2[nH]c1=O. The lowest BCUT2D eigenvalue weighted by molar-refractivity contribution is 0.211. The number of aromatic nitrogens is 1. The van der Waals surface area contributed by atoms with Crippen LogP contribution in [0.25, 0.3) is 21.7 Å². The number of H-pyrrole nitrogens is 1. The van der Waals surface area contributed by atoms with E-state index in [4.69, 9.17) is 11.6 Å². The first-order valence-electron chi connectivity index (χ1n) is 10.8. The van der Waals surface area contributed by atoms with Crippen LogP contribution >= 0.6 is 11.6 Å². The Bertz CT molecular complexity index is 1400. The average molecular weight is 443 g/mol. The molecule has 2 heterocycles. The fourth-order valence-electron chi connectivity index (χ4n) is 4.56. The van der Waals surface area contributed by atoms with Gasteiger partial charge in [-0.05, 0) is 53.4 Å². The minimum absolute atomic E-state index is 0.110. The molecule has 1 aliphatic rings. The lowest BCUT2D eigenvalue weighted by Gasteiger charge is -2.33. The smallest absolute Gasteiger partial charge is 0.268 e. The number of nitrogens with one attached hydrogen (secondary N) is 2. The maximum Gasteiger partial charge on any atom is 0.268 e. The standard InChI is InChI=1S/C26H23ClN4O/c27-20-7-8-24-22(14-20)25(23(15-28)26(32)30-24)29-21-9-11-31(12-10-21)16-17-5-6-18-3-1-2-4-19(18)13-17/h1-8,13-14,21H,9-12,16H2,(H2,29,30,32). The summed E-state index contributed by atoms with van der Waals surface area (Å²) in [7, 11) is 0. The highest BCUT2D eigenvalue weighted by Crippen LogP contribution is 2.29. The number of piperidine rings is 1. The van der Waals surface area contributed by atoms with Crippen LogP contribution in [-0.2, 0) is 6.54 Å². The number of anilines is 1. The zero-order valence-corrected chi connectivity index (χ0v) is 18.3. The second-order valence-corrected chi connectivity index (χ2v) is 8.82. The minimum atomic E-state index is -0.376. The van der Waals surface area contributed by atoms with Crippen LogP contribution < -0.4 is 10.9 Å². The van der Waals surface area contributed by atoms with E-state index >= 15 is 0 Å². The Morgan fingerprint density at radius 1 is 1.06 bits per heavy atom. The van der Waals surface area contributed by atoms with Crippen molar-refractivity contribution in [3.63, 3.8) is 0 Å². The van der Waals surface area contributed by atoms with Gasteiger partial charge in [0.25, 0.3) is 5.56 Å². The minimum Gasteiger partial charge on any atom is -0.380 e. The molecule has 0 spiro atoms. The number of benzene rings is 3. The quantitative estimate of drug-likeness (QED) is 0.451. The molecule has 0 amide bonds. The van der Waals surface area contributed by atoms with Gasteiger partial charge in [-0.15, -0.1) is 0 Å². The summed E-state index contributed by atoms with van der Waals surface area (Å²) in [4.78, 5) is 17.6. The third-order valence-corrected chi connectivity index (χ3v) is 6.48. The number of likely N-dealkylation sites (tertiary alicyclic amines) is 1. The molecular weight excluding hydrogens is 420 g/mol. The molecule has 6 heteroatoms. The van der Waals surface area contributed by atoms with Gasteiger partial charge in [-0.3, -0.25) is 9.69 Å². The highest BCUT2D eigenvalue weighted by Gasteiger charge is 2.22. The molecule has 1 aliphatic heterocycles. The number of nitriles is 1. The van der Waals surface area contributed by atoms with Crippen LogP contribution in [0.1, 0.15) is 24.0 Å². The van der Waals surface area contributed by atoms with E-state index in [0.29, 0.717) is 16.2 Å². The third-order valence-electron chi connectivity index (χ3n) is 6.24. The zero-order valence-electron chi connectivity index (χ0n) is 17.6. The van der Waals surface area contributed by atoms with Crippen LogP contribution in [-0.4, -0.2) is 29.0 Å². The van der Waals surface area contributed by atoms with Crippen molar-refractivity contribution in [3.8, 4) is 6.07 Å². The van der Waals surface area contributed by atoms with Crippen molar-refractivity contribution in [1.29, 1.82) is 5.26 Å². The highest BCUT2D eigenvalue weighted by molar-refractivity contribution is 6.31. The normalized spacial score (nSPS) is 15.1. The lowest BCUT2D eigenvalue weighted by atomic mass is 10.0. The maximum absolute atomic E-state index is 12.4. The van der Waals surface area contributed by atoms with Gasteiger partial charge in [0.15, 0.2) is 0 Å². The van der Waals surface area contributed by atoms with E-state index in [2.05, 4.69) is 63.7 Å². The van der Waals surface area contributed by atoms with E-state index in [0.717, 1.165) is 37.9 Å². The number of rotatable bonds is 4. The molecule has 1 fully saturated rings. The van der Waals surface area contributed by atoms with Crippen molar-refractivity contribution in [2.75, 3.05) is 18.4 Å². The summed E-state index contributed by atoms with van der Waals surface area (Å²) in [6.07, 6.45) is 1.88. The Hall–Kier alpha value is -3.33. The molecule has 5 nitrogen and oxygen atoms in total.